The number of anilines is 1. The largest absolute Gasteiger partial charge is 0.388 e. The van der Waals surface area contributed by atoms with Crippen LogP contribution < -0.4 is 5.32 Å². The molecule has 0 aliphatic carbocycles. The maximum atomic E-state index is 13.7. The van der Waals surface area contributed by atoms with Crippen molar-refractivity contribution in [2.75, 3.05) is 25.0 Å². The molecule has 1 aliphatic heterocycles. The van der Waals surface area contributed by atoms with E-state index in [2.05, 4.69) is 5.32 Å². The van der Waals surface area contributed by atoms with E-state index in [0.717, 1.165) is 0 Å². The minimum atomic E-state index is -0.944. The van der Waals surface area contributed by atoms with Crippen LogP contribution in [0.3, 0.4) is 0 Å². The molecule has 0 saturated carbocycles. The second kappa shape index (κ2) is 5.54. The Bertz CT molecular complexity index is 471. The molecule has 2 atom stereocenters. The van der Waals surface area contributed by atoms with Crippen LogP contribution in [-0.4, -0.2) is 52.9 Å². The summed E-state index contributed by atoms with van der Waals surface area (Å²) in [5.74, 6) is -0.890. The summed E-state index contributed by atoms with van der Waals surface area (Å²) >= 11 is 0. The zero-order valence-electron chi connectivity index (χ0n) is 10.6. The van der Waals surface area contributed by atoms with Gasteiger partial charge in [0, 0.05) is 19.6 Å². The zero-order valence-corrected chi connectivity index (χ0v) is 10.6. The molecule has 1 amide bonds. The minimum absolute atomic E-state index is 0.0576. The Morgan fingerprint density at radius 1 is 1.42 bits per heavy atom. The van der Waals surface area contributed by atoms with E-state index in [4.69, 9.17) is 0 Å². The van der Waals surface area contributed by atoms with Crippen LogP contribution >= 0.6 is 0 Å². The van der Waals surface area contributed by atoms with Crippen molar-refractivity contribution in [1.82, 2.24) is 4.90 Å². The number of carbonyl (C=O) groups is 1. The van der Waals surface area contributed by atoms with Crippen molar-refractivity contribution in [3.8, 4) is 0 Å². The summed E-state index contributed by atoms with van der Waals surface area (Å²) in [6.45, 7) is 2.42. The number of carbonyl (C=O) groups excluding carboxylic acids is 1. The third-order valence-electron chi connectivity index (χ3n) is 3.14. The highest BCUT2D eigenvalue weighted by Gasteiger charge is 2.33. The molecule has 1 aromatic carbocycles. The Hall–Kier alpha value is -1.66. The first-order valence-electron chi connectivity index (χ1n) is 6.22. The fourth-order valence-electron chi connectivity index (χ4n) is 2.16. The van der Waals surface area contributed by atoms with Crippen LogP contribution in [0.1, 0.15) is 17.3 Å². The van der Waals surface area contributed by atoms with E-state index in [1.54, 1.807) is 0 Å². The van der Waals surface area contributed by atoms with Crippen LogP contribution in [0.25, 0.3) is 0 Å². The van der Waals surface area contributed by atoms with Crippen LogP contribution in [0.5, 0.6) is 0 Å². The summed E-state index contributed by atoms with van der Waals surface area (Å²) in [4.78, 5) is 13.6. The number of aliphatic hydroxyl groups is 2. The minimum Gasteiger partial charge on any atom is -0.388 e. The number of nitrogens with zero attached hydrogens (tertiary/aromatic N) is 1. The predicted octanol–water partition coefficient (Wildman–Crippen LogP) is 0.435. The first-order valence-corrected chi connectivity index (χ1v) is 6.22. The average molecular weight is 268 g/mol. The van der Waals surface area contributed by atoms with Gasteiger partial charge in [0.2, 0.25) is 0 Å². The number of rotatable bonds is 3. The second-order valence-electron chi connectivity index (χ2n) is 4.54. The van der Waals surface area contributed by atoms with Crippen molar-refractivity contribution in [1.29, 1.82) is 0 Å². The van der Waals surface area contributed by atoms with Crippen molar-refractivity contribution in [2.24, 2.45) is 0 Å². The molecule has 19 heavy (non-hydrogen) atoms. The molecule has 2 rings (SSSR count). The highest BCUT2D eigenvalue weighted by atomic mass is 19.1. The molecular weight excluding hydrogens is 251 g/mol. The van der Waals surface area contributed by atoms with Gasteiger partial charge in [0.15, 0.2) is 0 Å². The number of β-amino-alcohol motifs (C(OH)–C–C–N with tert-alkyl or cyclic N) is 2. The van der Waals surface area contributed by atoms with Gasteiger partial charge in [0.1, 0.15) is 5.82 Å². The lowest BCUT2D eigenvalue weighted by molar-refractivity contribution is 0.0572. The normalized spacial score (nSPS) is 22.6. The molecule has 2 unspecified atom stereocenters. The predicted molar refractivity (Wildman–Crippen MR) is 68.5 cm³/mol. The molecule has 0 aromatic heterocycles. The van der Waals surface area contributed by atoms with Crippen molar-refractivity contribution < 1.29 is 19.4 Å². The summed E-state index contributed by atoms with van der Waals surface area (Å²) in [6, 6.07) is 4.27. The number of hydrogen-bond donors (Lipinski definition) is 3. The molecule has 6 heteroatoms. The first kappa shape index (κ1) is 13.8. The number of nitrogens with one attached hydrogen (secondary N) is 1. The SMILES string of the molecule is CCNc1c(F)cccc1C(=O)N1CC(O)C(O)C1. The highest BCUT2D eigenvalue weighted by molar-refractivity contribution is 6.00. The van der Waals surface area contributed by atoms with Gasteiger partial charge in [-0.2, -0.15) is 0 Å². The zero-order chi connectivity index (χ0) is 14.0. The fourth-order valence-corrected chi connectivity index (χ4v) is 2.16. The molecular formula is C13H17FN2O3. The smallest absolute Gasteiger partial charge is 0.256 e. The molecule has 3 N–H and O–H groups in total. The molecule has 0 bridgehead atoms. The van der Waals surface area contributed by atoms with E-state index in [1.165, 1.54) is 23.1 Å². The van der Waals surface area contributed by atoms with Crippen molar-refractivity contribution >= 4 is 11.6 Å². The molecule has 104 valence electrons. The van der Waals surface area contributed by atoms with Crippen molar-refractivity contribution in [2.45, 2.75) is 19.1 Å². The lowest BCUT2D eigenvalue weighted by Gasteiger charge is -2.18. The molecule has 1 aromatic rings. The maximum absolute atomic E-state index is 13.7. The quantitative estimate of drug-likeness (QED) is 0.743. The topological polar surface area (TPSA) is 72.8 Å². The number of likely N-dealkylation sites (tertiary alicyclic amines) is 1. The number of benzene rings is 1. The number of para-hydroxylation sites is 1. The summed E-state index contributed by atoms with van der Waals surface area (Å²) in [6.07, 6.45) is -1.89. The Kier molecular flexibility index (Phi) is 4.01. The molecule has 1 aliphatic rings. The Balaban J connectivity index is 2.26. The van der Waals surface area contributed by atoms with Gasteiger partial charge in [-0.15, -0.1) is 0 Å². The number of amides is 1. The molecule has 1 heterocycles. The van der Waals surface area contributed by atoms with Crippen LogP contribution in [0.2, 0.25) is 0 Å². The standard InChI is InChI=1S/C13H17FN2O3/c1-2-15-12-8(4-3-5-9(12)14)13(19)16-6-10(17)11(18)7-16/h3-5,10-11,15,17-18H,2,6-7H2,1H3. The summed E-state index contributed by atoms with van der Waals surface area (Å²) in [5, 5.41) is 21.7. The van der Waals surface area contributed by atoms with Gasteiger partial charge in [0.05, 0.1) is 23.5 Å². The van der Waals surface area contributed by atoms with E-state index >= 15 is 0 Å². The number of aliphatic hydroxyl groups excluding tert-OH is 2. The second-order valence-corrected chi connectivity index (χ2v) is 4.54. The molecule has 5 nitrogen and oxygen atoms in total. The molecule has 1 saturated heterocycles. The van der Waals surface area contributed by atoms with Gasteiger partial charge in [0.25, 0.3) is 5.91 Å². The maximum Gasteiger partial charge on any atom is 0.256 e. The lowest BCUT2D eigenvalue weighted by Crippen LogP contribution is -2.30. The Morgan fingerprint density at radius 3 is 2.63 bits per heavy atom. The third kappa shape index (κ3) is 2.69. The summed E-state index contributed by atoms with van der Waals surface area (Å²) < 4.78 is 13.7. The average Bonchev–Trinajstić information content (AvgIpc) is 2.71. The van der Waals surface area contributed by atoms with Crippen molar-refractivity contribution in [3.05, 3.63) is 29.6 Å². The molecule has 1 fully saturated rings. The fraction of sp³-hybridized carbons (Fsp3) is 0.462. The Morgan fingerprint density at radius 2 is 2.05 bits per heavy atom. The van der Waals surface area contributed by atoms with Crippen molar-refractivity contribution in [3.63, 3.8) is 0 Å². The van der Waals surface area contributed by atoms with Crippen LogP contribution in [0.4, 0.5) is 10.1 Å². The van der Waals surface area contributed by atoms with Gasteiger partial charge in [-0.3, -0.25) is 4.79 Å². The molecule has 0 radical (unpaired) electrons. The van der Waals surface area contributed by atoms with Crippen LogP contribution in [-0.2, 0) is 0 Å². The number of halogens is 1. The van der Waals surface area contributed by atoms with Gasteiger partial charge in [-0.25, -0.2) is 4.39 Å². The van der Waals surface area contributed by atoms with E-state index in [-0.39, 0.29) is 24.3 Å². The molecule has 0 spiro atoms. The lowest BCUT2D eigenvalue weighted by atomic mass is 10.1. The van der Waals surface area contributed by atoms with Crippen LogP contribution in [0.15, 0.2) is 18.2 Å². The highest BCUT2D eigenvalue weighted by Crippen LogP contribution is 2.23. The van der Waals surface area contributed by atoms with Gasteiger partial charge in [-0.1, -0.05) is 6.07 Å². The van der Waals surface area contributed by atoms with Crippen LogP contribution in [0, 0.1) is 5.82 Å². The summed E-state index contributed by atoms with van der Waals surface area (Å²) in [5.41, 5.74) is 0.369. The monoisotopic (exact) mass is 268 g/mol. The number of hydrogen-bond acceptors (Lipinski definition) is 4. The third-order valence-corrected chi connectivity index (χ3v) is 3.14. The summed E-state index contributed by atoms with van der Waals surface area (Å²) in [7, 11) is 0. The first-order chi connectivity index (χ1) is 9.04. The van der Waals surface area contributed by atoms with E-state index in [1.807, 2.05) is 6.92 Å². The Labute approximate surface area is 110 Å². The van der Waals surface area contributed by atoms with E-state index < -0.39 is 23.9 Å². The van der Waals surface area contributed by atoms with Gasteiger partial charge >= 0.3 is 0 Å². The van der Waals surface area contributed by atoms with E-state index in [9.17, 15) is 19.4 Å². The van der Waals surface area contributed by atoms with E-state index in [0.29, 0.717) is 6.54 Å². The van der Waals surface area contributed by atoms with Gasteiger partial charge in [-0.05, 0) is 19.1 Å². The van der Waals surface area contributed by atoms with Gasteiger partial charge < -0.3 is 20.4 Å².